The molecule has 3 fully saturated rings. The van der Waals surface area contributed by atoms with Gasteiger partial charge in [-0.3, -0.25) is 4.90 Å². The second-order valence-corrected chi connectivity index (χ2v) is 8.36. The predicted octanol–water partition coefficient (Wildman–Crippen LogP) is 4.01. The molecule has 3 aromatic rings. The highest BCUT2D eigenvalue weighted by Gasteiger charge is 2.41. The highest BCUT2D eigenvalue weighted by atomic mass is 16.3. The Kier molecular flexibility index (Phi) is 5.17. The molecule has 0 aliphatic carbocycles. The van der Waals surface area contributed by atoms with Crippen LogP contribution in [0.15, 0.2) is 59.2 Å². The van der Waals surface area contributed by atoms with Gasteiger partial charge in [0.05, 0.1) is 6.26 Å². The van der Waals surface area contributed by atoms with Crippen molar-refractivity contribution in [3.8, 4) is 11.5 Å². The van der Waals surface area contributed by atoms with Gasteiger partial charge in [0, 0.05) is 37.3 Å². The lowest BCUT2D eigenvalue weighted by Gasteiger charge is -2.50. The molecule has 3 saturated heterocycles. The van der Waals surface area contributed by atoms with Crippen LogP contribution in [0.4, 0.5) is 0 Å². The van der Waals surface area contributed by atoms with Gasteiger partial charge < -0.3 is 9.73 Å². The van der Waals surface area contributed by atoms with Gasteiger partial charge >= 0.3 is 0 Å². The van der Waals surface area contributed by atoms with Crippen molar-refractivity contribution in [2.75, 3.05) is 19.6 Å². The molecule has 0 radical (unpaired) electrons. The van der Waals surface area contributed by atoms with Crippen LogP contribution < -0.4 is 5.32 Å². The molecule has 0 saturated carbocycles. The van der Waals surface area contributed by atoms with E-state index >= 15 is 0 Å². The number of piperidine rings is 3. The number of nitrogens with zero attached hydrogens (tertiary/aromatic N) is 3. The maximum absolute atomic E-state index is 5.57. The Hall–Kier alpha value is -2.50. The maximum Gasteiger partial charge on any atom is 0.152 e. The fourth-order valence-electron chi connectivity index (χ4n) is 5.00. The normalized spacial score (nSPS) is 26.0. The van der Waals surface area contributed by atoms with E-state index in [1.165, 1.54) is 30.6 Å². The van der Waals surface area contributed by atoms with Gasteiger partial charge in [0.15, 0.2) is 5.76 Å². The first-order valence-corrected chi connectivity index (χ1v) is 10.6. The minimum Gasteiger partial charge on any atom is -0.463 e. The summed E-state index contributed by atoms with van der Waals surface area (Å²) in [6.45, 7) is 6.27. The van der Waals surface area contributed by atoms with E-state index in [0.717, 1.165) is 36.9 Å². The molecule has 0 amide bonds. The second-order valence-electron chi connectivity index (χ2n) is 8.36. The summed E-state index contributed by atoms with van der Waals surface area (Å²) in [6.07, 6.45) is 4.21. The molecule has 2 aromatic heterocycles. The Labute approximate surface area is 172 Å². The molecule has 2 bridgehead atoms. The monoisotopic (exact) mass is 388 g/mol. The summed E-state index contributed by atoms with van der Waals surface area (Å²) in [5.74, 6) is 2.83. The Morgan fingerprint density at radius 3 is 2.79 bits per heavy atom. The number of benzene rings is 1. The third kappa shape index (κ3) is 3.98. The van der Waals surface area contributed by atoms with Crippen LogP contribution in [0.25, 0.3) is 11.5 Å². The standard InChI is InChI=1S/C24H28N4O/c1-17-26-22(13-23(27-17)24-8-5-11-29-24)21-16-28-10-9-19(21)12-20(28)15-25-14-18-6-3-2-4-7-18/h2-8,11,13,19-21,25H,9-10,12,14-16H2,1H3/t19-,20+,21+/m0/s1. The summed E-state index contributed by atoms with van der Waals surface area (Å²) in [5.41, 5.74) is 3.42. The third-order valence-corrected chi connectivity index (χ3v) is 6.44. The Morgan fingerprint density at radius 1 is 1.14 bits per heavy atom. The number of hydrogen-bond donors (Lipinski definition) is 1. The van der Waals surface area contributed by atoms with Crippen LogP contribution in [0.2, 0.25) is 0 Å². The SMILES string of the molecule is Cc1nc(-c2ccco2)cc([C@@H]2CN3CC[C@H]2C[C@@H]3CNCc2ccccc2)n1. The number of fused-ring (bicyclic) bond motifs is 3. The average Bonchev–Trinajstić information content (AvgIpc) is 3.30. The van der Waals surface area contributed by atoms with Crippen LogP contribution in [-0.2, 0) is 6.54 Å². The van der Waals surface area contributed by atoms with Crippen molar-refractivity contribution >= 4 is 0 Å². The summed E-state index contributed by atoms with van der Waals surface area (Å²) in [4.78, 5) is 12.1. The molecule has 3 aliphatic rings. The number of aryl methyl sites for hydroxylation is 1. The quantitative estimate of drug-likeness (QED) is 0.691. The maximum atomic E-state index is 5.57. The first kappa shape index (κ1) is 18.5. The topological polar surface area (TPSA) is 54.2 Å². The summed E-state index contributed by atoms with van der Waals surface area (Å²) in [5, 5.41) is 3.67. The Bertz CT molecular complexity index is 941. The summed E-state index contributed by atoms with van der Waals surface area (Å²) >= 11 is 0. The van der Waals surface area contributed by atoms with Crippen LogP contribution in [0.1, 0.15) is 35.8 Å². The first-order chi connectivity index (χ1) is 14.3. The van der Waals surface area contributed by atoms with Gasteiger partial charge in [0.2, 0.25) is 0 Å². The lowest BCUT2D eigenvalue weighted by atomic mass is 9.74. The van der Waals surface area contributed by atoms with Crippen LogP contribution in [0.5, 0.6) is 0 Å². The zero-order chi connectivity index (χ0) is 19.6. The van der Waals surface area contributed by atoms with Crippen molar-refractivity contribution in [2.45, 2.75) is 38.3 Å². The number of aromatic nitrogens is 2. The highest BCUT2D eigenvalue weighted by molar-refractivity contribution is 5.52. The highest BCUT2D eigenvalue weighted by Crippen LogP contribution is 2.41. The zero-order valence-electron chi connectivity index (χ0n) is 16.9. The van der Waals surface area contributed by atoms with Crippen LogP contribution in [-0.4, -0.2) is 40.5 Å². The number of nitrogens with one attached hydrogen (secondary N) is 1. The predicted molar refractivity (Wildman–Crippen MR) is 113 cm³/mol. The molecule has 1 N–H and O–H groups in total. The molecule has 5 heterocycles. The molecule has 150 valence electrons. The lowest BCUT2D eigenvalue weighted by Crippen LogP contribution is -2.55. The van der Waals surface area contributed by atoms with Crippen molar-refractivity contribution in [3.05, 3.63) is 71.9 Å². The van der Waals surface area contributed by atoms with Crippen molar-refractivity contribution in [2.24, 2.45) is 5.92 Å². The molecule has 4 atom stereocenters. The van der Waals surface area contributed by atoms with E-state index in [9.17, 15) is 0 Å². The van der Waals surface area contributed by atoms with E-state index in [1.807, 2.05) is 19.1 Å². The van der Waals surface area contributed by atoms with Crippen molar-refractivity contribution in [3.63, 3.8) is 0 Å². The van der Waals surface area contributed by atoms with Gasteiger partial charge in [0.25, 0.3) is 0 Å². The smallest absolute Gasteiger partial charge is 0.152 e. The van der Waals surface area contributed by atoms with E-state index in [0.29, 0.717) is 17.9 Å². The Morgan fingerprint density at radius 2 is 2.03 bits per heavy atom. The molecule has 6 rings (SSSR count). The molecular formula is C24H28N4O. The molecule has 1 aromatic carbocycles. The summed E-state index contributed by atoms with van der Waals surface area (Å²) in [6, 6.07) is 17.3. The minimum absolute atomic E-state index is 0.490. The van der Waals surface area contributed by atoms with Gasteiger partial charge in [-0.15, -0.1) is 0 Å². The van der Waals surface area contributed by atoms with Gasteiger partial charge in [-0.05, 0) is 56.0 Å². The molecule has 0 spiro atoms. The number of rotatable bonds is 6. The van der Waals surface area contributed by atoms with Gasteiger partial charge in [-0.1, -0.05) is 30.3 Å². The molecular weight excluding hydrogens is 360 g/mol. The second kappa shape index (κ2) is 8.09. The van der Waals surface area contributed by atoms with Crippen molar-refractivity contribution in [1.29, 1.82) is 0 Å². The molecule has 3 aliphatic heterocycles. The lowest BCUT2D eigenvalue weighted by molar-refractivity contribution is 0.0292. The summed E-state index contributed by atoms with van der Waals surface area (Å²) in [7, 11) is 0. The van der Waals surface area contributed by atoms with Crippen LogP contribution in [0.3, 0.4) is 0 Å². The fraction of sp³-hybridized carbons (Fsp3) is 0.417. The van der Waals surface area contributed by atoms with Crippen LogP contribution in [0, 0.1) is 12.8 Å². The largest absolute Gasteiger partial charge is 0.463 e. The number of hydrogen-bond acceptors (Lipinski definition) is 5. The Balaban J connectivity index is 1.26. The minimum atomic E-state index is 0.490. The summed E-state index contributed by atoms with van der Waals surface area (Å²) < 4.78 is 5.57. The van der Waals surface area contributed by atoms with E-state index in [4.69, 9.17) is 9.40 Å². The van der Waals surface area contributed by atoms with Crippen LogP contribution >= 0.6 is 0 Å². The molecule has 5 heteroatoms. The van der Waals surface area contributed by atoms with E-state index < -0.39 is 0 Å². The van der Waals surface area contributed by atoms with Gasteiger partial charge in [0.1, 0.15) is 11.5 Å². The molecule has 1 unspecified atom stereocenters. The zero-order valence-corrected chi connectivity index (χ0v) is 16.9. The van der Waals surface area contributed by atoms with Crippen molar-refractivity contribution in [1.82, 2.24) is 20.2 Å². The van der Waals surface area contributed by atoms with Gasteiger partial charge in [-0.25, -0.2) is 9.97 Å². The van der Waals surface area contributed by atoms with E-state index in [1.54, 1.807) is 6.26 Å². The molecule has 29 heavy (non-hydrogen) atoms. The first-order valence-electron chi connectivity index (χ1n) is 10.6. The average molecular weight is 389 g/mol. The van der Waals surface area contributed by atoms with Gasteiger partial charge in [-0.2, -0.15) is 0 Å². The van der Waals surface area contributed by atoms with Crippen molar-refractivity contribution < 1.29 is 4.42 Å². The third-order valence-electron chi connectivity index (χ3n) is 6.44. The van der Waals surface area contributed by atoms with E-state index in [-0.39, 0.29) is 0 Å². The van der Waals surface area contributed by atoms with E-state index in [2.05, 4.69) is 51.6 Å². The number of furan rings is 1. The molecule has 5 nitrogen and oxygen atoms in total. The fourth-order valence-corrected chi connectivity index (χ4v) is 5.00.